The summed E-state index contributed by atoms with van der Waals surface area (Å²) in [4.78, 5) is 0. The standard InChI is InChI=1S/C11H15BClNO2/c1-2-10(14)7-16-12-11-4-3-9(13)5-8(11)6-15-12/h3-5,10H,2,6-7,14H2,1H3/p+1. The molecule has 0 saturated carbocycles. The number of nitrogens with two attached hydrogens (primary N) is 1. The molecule has 3 nitrogen and oxygen atoms in total. The molecule has 0 aliphatic carbocycles. The Kier molecular flexibility index (Phi) is 3.87. The zero-order valence-corrected chi connectivity index (χ0v) is 10.1. The van der Waals surface area contributed by atoms with Gasteiger partial charge in [-0.25, -0.2) is 0 Å². The van der Waals surface area contributed by atoms with Crippen molar-refractivity contribution in [3.63, 3.8) is 0 Å². The normalized spacial score (nSPS) is 16.3. The Labute approximate surface area is 101 Å². The van der Waals surface area contributed by atoms with Crippen LogP contribution in [0.4, 0.5) is 0 Å². The maximum atomic E-state index is 5.91. The van der Waals surface area contributed by atoms with Gasteiger partial charge in [0.1, 0.15) is 6.61 Å². The Balaban J connectivity index is 2.01. The molecule has 16 heavy (non-hydrogen) atoms. The van der Waals surface area contributed by atoms with Crippen LogP contribution < -0.4 is 11.2 Å². The predicted molar refractivity (Wildman–Crippen MR) is 67.0 cm³/mol. The van der Waals surface area contributed by atoms with E-state index in [0.29, 0.717) is 13.2 Å². The van der Waals surface area contributed by atoms with Crippen molar-refractivity contribution in [1.29, 1.82) is 0 Å². The molecule has 1 aliphatic heterocycles. The van der Waals surface area contributed by atoms with Gasteiger partial charge in [0.15, 0.2) is 0 Å². The summed E-state index contributed by atoms with van der Waals surface area (Å²) in [5.74, 6) is 0. The predicted octanol–water partition coefficient (Wildman–Crippen LogP) is 0.831. The summed E-state index contributed by atoms with van der Waals surface area (Å²) < 4.78 is 10.1. The number of rotatable bonds is 4. The van der Waals surface area contributed by atoms with Gasteiger partial charge in [-0.15, -0.1) is 0 Å². The molecule has 0 fully saturated rings. The summed E-state index contributed by atoms with van der Waals surface area (Å²) in [6.07, 6.45) is 0.934. The quantitative estimate of drug-likeness (QED) is 0.626. The zero-order chi connectivity index (χ0) is 11.5. The number of halogens is 1. The molecule has 0 bridgehead atoms. The topological polar surface area (TPSA) is 48.0 Å². The summed E-state index contributed by atoms with van der Waals surface area (Å²) in [7, 11) is -0.162. The van der Waals surface area contributed by atoms with E-state index in [-0.39, 0.29) is 13.2 Å². The van der Waals surface area contributed by atoms with Crippen molar-refractivity contribution in [2.75, 3.05) is 6.61 Å². The van der Waals surface area contributed by atoms with E-state index < -0.39 is 0 Å². The lowest BCUT2D eigenvalue weighted by Crippen LogP contribution is -2.40. The van der Waals surface area contributed by atoms with Crippen molar-refractivity contribution in [3.8, 4) is 0 Å². The first-order chi connectivity index (χ1) is 7.70. The molecule has 5 heteroatoms. The zero-order valence-electron chi connectivity index (χ0n) is 9.32. The number of benzene rings is 1. The fraction of sp³-hybridized carbons (Fsp3) is 0.455. The maximum absolute atomic E-state index is 5.91. The van der Waals surface area contributed by atoms with E-state index >= 15 is 0 Å². The molecule has 0 amide bonds. The highest BCUT2D eigenvalue weighted by molar-refractivity contribution is 6.62. The van der Waals surface area contributed by atoms with Gasteiger partial charge in [-0.2, -0.15) is 0 Å². The van der Waals surface area contributed by atoms with Crippen LogP contribution in [0.1, 0.15) is 18.9 Å². The summed E-state index contributed by atoms with van der Waals surface area (Å²) >= 11 is 5.91. The van der Waals surface area contributed by atoms with Crippen molar-refractivity contribution < 1.29 is 9.31 Å². The van der Waals surface area contributed by atoms with E-state index in [0.717, 1.165) is 22.5 Å². The van der Waals surface area contributed by atoms with Crippen molar-refractivity contribution in [2.24, 2.45) is 5.73 Å². The van der Waals surface area contributed by atoms with Crippen LogP contribution >= 0.6 is 11.6 Å². The lowest BCUT2D eigenvalue weighted by molar-refractivity contribution is 0.0731. The highest BCUT2D eigenvalue weighted by Crippen LogP contribution is 2.16. The van der Waals surface area contributed by atoms with Crippen LogP contribution in [0.2, 0.25) is 5.02 Å². The average molecular weight is 241 g/mol. The highest BCUT2D eigenvalue weighted by Gasteiger charge is 2.40. The van der Waals surface area contributed by atoms with Crippen LogP contribution in [0.15, 0.2) is 18.2 Å². The third-order valence-corrected chi connectivity index (χ3v) is 3.03. The minimum atomic E-state index is -0.162. The molecule has 0 aromatic heterocycles. The molecule has 86 valence electrons. The summed E-state index contributed by atoms with van der Waals surface area (Å²) in [5, 5.41) is 0.744. The van der Waals surface area contributed by atoms with Gasteiger partial charge >= 0.3 is 7.12 Å². The van der Waals surface area contributed by atoms with Gasteiger partial charge in [0.25, 0.3) is 0 Å². The second-order valence-electron chi connectivity index (χ2n) is 4.04. The van der Waals surface area contributed by atoms with Gasteiger partial charge in [0.2, 0.25) is 0 Å². The maximum Gasteiger partial charge on any atom is 0.732 e. The van der Waals surface area contributed by atoms with E-state index in [9.17, 15) is 0 Å². The minimum absolute atomic E-state index is 0.125. The molecule has 3 N–H and O–H groups in total. The fourth-order valence-electron chi connectivity index (χ4n) is 1.71. The van der Waals surface area contributed by atoms with E-state index in [1.807, 2.05) is 18.2 Å². The lowest BCUT2D eigenvalue weighted by Gasteiger charge is -2.08. The molecular formula is C11H16BClNO2+. The smallest absolute Gasteiger partial charge is 0.510 e. The molecule has 1 aliphatic rings. The Hall–Kier alpha value is -0.545. The molecule has 1 heterocycles. The monoisotopic (exact) mass is 240 g/mol. The summed E-state index contributed by atoms with van der Waals surface area (Å²) in [6.45, 7) is 3.29. The molecule has 0 spiro atoms. The Morgan fingerprint density at radius 3 is 3.19 bits per heavy atom. The van der Waals surface area contributed by atoms with Crippen molar-refractivity contribution in [3.05, 3.63) is 28.8 Å². The van der Waals surface area contributed by atoms with Gasteiger partial charge in [0, 0.05) is 5.02 Å². The van der Waals surface area contributed by atoms with Crippen LogP contribution in [0.3, 0.4) is 0 Å². The number of hydrogen-bond acceptors (Lipinski definition) is 2. The number of aliphatic hydroxyl groups is 1. The van der Waals surface area contributed by atoms with Crippen LogP contribution in [-0.4, -0.2) is 24.4 Å². The molecule has 0 radical (unpaired) electrons. The van der Waals surface area contributed by atoms with Gasteiger partial charge in [-0.05, 0) is 24.1 Å². The number of hydrogen-bond donors (Lipinski definition) is 1. The highest BCUT2D eigenvalue weighted by atomic mass is 35.5. The van der Waals surface area contributed by atoms with E-state index in [2.05, 4.69) is 11.6 Å². The van der Waals surface area contributed by atoms with Gasteiger partial charge in [-0.1, -0.05) is 24.6 Å². The van der Waals surface area contributed by atoms with Crippen LogP contribution in [0, 0.1) is 0 Å². The molecular weight excluding hydrogens is 224 g/mol. The van der Waals surface area contributed by atoms with Crippen LogP contribution in [0.25, 0.3) is 0 Å². The van der Waals surface area contributed by atoms with Gasteiger partial charge in [0.05, 0.1) is 18.1 Å². The molecule has 1 atom stereocenters. The van der Waals surface area contributed by atoms with Crippen LogP contribution in [0.5, 0.6) is 0 Å². The molecule has 0 saturated heterocycles. The first-order valence-electron chi connectivity index (χ1n) is 5.52. The SMILES string of the molecule is CCC(N)C[OH+]B1OCc2cc(Cl)ccc21. The fourth-order valence-corrected chi connectivity index (χ4v) is 1.90. The molecule has 1 unspecified atom stereocenters. The van der Waals surface area contributed by atoms with Crippen molar-refractivity contribution >= 4 is 24.2 Å². The Morgan fingerprint density at radius 1 is 1.62 bits per heavy atom. The largest absolute Gasteiger partial charge is 0.732 e. The Bertz CT molecular complexity index is 375. The third-order valence-electron chi connectivity index (χ3n) is 2.80. The Morgan fingerprint density at radius 2 is 2.44 bits per heavy atom. The van der Waals surface area contributed by atoms with Crippen molar-refractivity contribution in [2.45, 2.75) is 26.0 Å². The van der Waals surface area contributed by atoms with E-state index in [4.69, 9.17) is 22.0 Å². The minimum Gasteiger partial charge on any atom is -0.510 e. The summed E-state index contributed by atoms with van der Waals surface area (Å²) in [5.41, 5.74) is 8.07. The molecule has 2 rings (SSSR count). The molecule has 1 aromatic carbocycles. The second-order valence-corrected chi connectivity index (χ2v) is 4.48. The van der Waals surface area contributed by atoms with E-state index in [1.54, 1.807) is 0 Å². The average Bonchev–Trinajstić information content (AvgIpc) is 2.68. The first-order valence-corrected chi connectivity index (χ1v) is 5.90. The lowest BCUT2D eigenvalue weighted by atomic mass is 9.79. The van der Waals surface area contributed by atoms with Gasteiger partial charge < -0.3 is 15.0 Å². The van der Waals surface area contributed by atoms with Crippen LogP contribution in [-0.2, 0) is 11.3 Å². The van der Waals surface area contributed by atoms with E-state index in [1.165, 1.54) is 0 Å². The molecule has 1 aromatic rings. The number of fused-ring (bicyclic) bond motifs is 1. The second kappa shape index (κ2) is 5.19. The summed E-state index contributed by atoms with van der Waals surface area (Å²) in [6, 6.07) is 5.92. The first kappa shape index (κ1) is 11.9. The third kappa shape index (κ3) is 2.58. The van der Waals surface area contributed by atoms with Gasteiger partial charge in [-0.3, -0.25) is 0 Å². The van der Waals surface area contributed by atoms with Crippen molar-refractivity contribution in [1.82, 2.24) is 0 Å².